The lowest BCUT2D eigenvalue weighted by atomic mass is 10.0. The first-order chi connectivity index (χ1) is 12.6. The van der Waals surface area contributed by atoms with Gasteiger partial charge in [-0.25, -0.2) is 0 Å². The minimum absolute atomic E-state index is 0.0108. The van der Waals surface area contributed by atoms with Gasteiger partial charge >= 0.3 is 0 Å². The van der Waals surface area contributed by atoms with Crippen molar-refractivity contribution in [3.05, 3.63) is 71.4 Å². The lowest BCUT2D eigenvalue weighted by Crippen LogP contribution is -2.41. The molecular formula is C21H17ClN2O2. The number of Topliss-reactive ketones (excluding diaryl/α,β-unsaturated/α-hetero) is 1. The highest BCUT2D eigenvalue weighted by atomic mass is 35.5. The molecule has 0 fully saturated rings. The van der Waals surface area contributed by atoms with Gasteiger partial charge < -0.3 is 9.88 Å². The first-order valence-corrected chi connectivity index (χ1v) is 8.79. The van der Waals surface area contributed by atoms with Gasteiger partial charge in [-0.2, -0.15) is 0 Å². The second-order valence-corrected chi connectivity index (χ2v) is 6.81. The highest BCUT2D eigenvalue weighted by Gasteiger charge is 2.32. The first-order valence-electron chi connectivity index (χ1n) is 8.41. The topological polar surface area (TPSA) is 51.1 Å². The number of benzene rings is 2. The lowest BCUT2D eigenvalue weighted by molar-refractivity contribution is -0.120. The van der Waals surface area contributed by atoms with Crippen LogP contribution in [0, 0.1) is 0 Å². The molecule has 0 aliphatic carbocycles. The van der Waals surface area contributed by atoms with Gasteiger partial charge in [-0.05, 0) is 36.2 Å². The number of halogens is 1. The number of carbonyl (C=O) groups excluding carboxylic acids is 2. The average molecular weight is 365 g/mol. The molecule has 1 aliphatic heterocycles. The van der Waals surface area contributed by atoms with Crippen molar-refractivity contribution in [2.24, 2.45) is 0 Å². The molecule has 4 nitrogen and oxygen atoms in total. The monoisotopic (exact) mass is 364 g/mol. The summed E-state index contributed by atoms with van der Waals surface area (Å²) in [6.45, 7) is 1.85. The molecule has 3 aromatic rings. The van der Waals surface area contributed by atoms with Gasteiger partial charge in [0.05, 0.1) is 5.69 Å². The number of rotatable bonds is 3. The quantitative estimate of drug-likeness (QED) is 0.751. The summed E-state index contributed by atoms with van der Waals surface area (Å²) >= 11 is 6.19. The molecule has 1 N–H and O–H groups in total. The molecule has 1 aliphatic rings. The Hall–Kier alpha value is -2.85. The third kappa shape index (κ3) is 2.72. The van der Waals surface area contributed by atoms with E-state index in [1.165, 1.54) is 0 Å². The van der Waals surface area contributed by atoms with Gasteiger partial charge in [0.15, 0.2) is 5.78 Å². The first kappa shape index (κ1) is 16.6. The van der Waals surface area contributed by atoms with Crippen LogP contribution in [0.5, 0.6) is 0 Å². The van der Waals surface area contributed by atoms with Crippen LogP contribution in [0.2, 0.25) is 5.02 Å². The number of nitrogens with one attached hydrogen (secondary N) is 1. The molecule has 0 saturated carbocycles. The molecule has 2 heterocycles. The van der Waals surface area contributed by atoms with E-state index in [4.69, 9.17) is 11.6 Å². The molecule has 1 amide bonds. The van der Waals surface area contributed by atoms with Gasteiger partial charge in [-0.3, -0.25) is 9.59 Å². The Morgan fingerprint density at radius 2 is 1.81 bits per heavy atom. The van der Waals surface area contributed by atoms with Crippen LogP contribution in [-0.2, 0) is 4.79 Å². The zero-order chi connectivity index (χ0) is 18.3. The van der Waals surface area contributed by atoms with Gasteiger partial charge in [-0.15, -0.1) is 0 Å². The molecule has 1 atom stereocenters. The second kappa shape index (κ2) is 6.46. The van der Waals surface area contributed by atoms with Crippen molar-refractivity contribution >= 4 is 23.3 Å². The number of ketones is 1. The largest absolute Gasteiger partial charge is 0.348 e. The second-order valence-electron chi connectivity index (χ2n) is 6.37. The molecule has 2 aromatic carbocycles. The summed E-state index contributed by atoms with van der Waals surface area (Å²) in [5.41, 5.74) is 4.10. The zero-order valence-corrected chi connectivity index (χ0v) is 15.0. The maximum absolute atomic E-state index is 12.5. The van der Waals surface area contributed by atoms with Gasteiger partial charge in [0.25, 0.3) is 5.91 Å². The van der Waals surface area contributed by atoms with E-state index < -0.39 is 6.04 Å². The highest BCUT2D eigenvalue weighted by molar-refractivity contribution is 6.30. The molecule has 0 bridgehead atoms. The fraction of sp³-hybridized carbons (Fsp3) is 0.143. The third-order valence-corrected chi connectivity index (χ3v) is 4.92. The smallest absolute Gasteiger partial charge is 0.268 e. The summed E-state index contributed by atoms with van der Waals surface area (Å²) in [4.78, 5) is 24.7. The maximum atomic E-state index is 12.5. The van der Waals surface area contributed by atoms with Gasteiger partial charge in [0.1, 0.15) is 11.7 Å². The van der Waals surface area contributed by atoms with Crippen molar-refractivity contribution in [1.29, 1.82) is 0 Å². The van der Waals surface area contributed by atoms with E-state index in [9.17, 15) is 9.59 Å². The lowest BCUT2D eigenvalue weighted by Gasteiger charge is -2.27. The van der Waals surface area contributed by atoms with Crippen LogP contribution in [-0.4, -0.2) is 22.8 Å². The number of fused-ring (bicyclic) bond motifs is 1. The van der Waals surface area contributed by atoms with Crippen molar-refractivity contribution in [3.8, 4) is 22.4 Å². The predicted molar refractivity (Wildman–Crippen MR) is 102 cm³/mol. The molecular weight excluding hydrogens is 348 g/mol. The van der Waals surface area contributed by atoms with Crippen molar-refractivity contribution in [3.63, 3.8) is 0 Å². The van der Waals surface area contributed by atoms with Gasteiger partial charge in [0, 0.05) is 17.1 Å². The van der Waals surface area contributed by atoms with Crippen LogP contribution in [0.25, 0.3) is 22.4 Å². The standard InChI is InChI=1S/C21H17ClN2O2/c1-13(25)19-12-23-21(26)18-11-17(15-8-5-9-16(22)10-15)20(24(18)19)14-6-3-2-4-7-14/h2-11,19H,12H2,1H3,(H,23,26). The minimum atomic E-state index is -0.425. The van der Waals surface area contributed by atoms with E-state index >= 15 is 0 Å². The van der Waals surface area contributed by atoms with E-state index in [-0.39, 0.29) is 11.7 Å². The van der Waals surface area contributed by atoms with Crippen LogP contribution >= 0.6 is 11.6 Å². The molecule has 1 aromatic heterocycles. The molecule has 0 saturated heterocycles. The van der Waals surface area contributed by atoms with Crippen LogP contribution in [0.3, 0.4) is 0 Å². The molecule has 1 unspecified atom stereocenters. The Kier molecular flexibility index (Phi) is 4.13. The number of nitrogens with zero attached hydrogens (tertiary/aromatic N) is 1. The van der Waals surface area contributed by atoms with E-state index in [0.717, 1.165) is 22.4 Å². The maximum Gasteiger partial charge on any atom is 0.268 e. The summed E-state index contributed by atoms with van der Waals surface area (Å²) in [5.74, 6) is -0.162. The van der Waals surface area contributed by atoms with E-state index in [1.807, 2.05) is 65.2 Å². The highest BCUT2D eigenvalue weighted by Crippen LogP contribution is 2.39. The summed E-state index contributed by atoms with van der Waals surface area (Å²) in [6, 6.07) is 18.8. The predicted octanol–water partition coefficient (Wildman–Crippen LogP) is 4.35. The number of hydrogen-bond acceptors (Lipinski definition) is 2. The molecule has 26 heavy (non-hydrogen) atoms. The Morgan fingerprint density at radius 1 is 1.08 bits per heavy atom. The van der Waals surface area contributed by atoms with E-state index in [1.54, 1.807) is 6.92 Å². The van der Waals surface area contributed by atoms with Gasteiger partial charge in [0.2, 0.25) is 0 Å². The molecule has 4 rings (SSSR count). The minimum Gasteiger partial charge on any atom is -0.348 e. The Bertz CT molecular complexity index is 1010. The van der Waals surface area contributed by atoms with Crippen molar-refractivity contribution in [2.75, 3.05) is 6.54 Å². The Morgan fingerprint density at radius 3 is 2.50 bits per heavy atom. The summed E-state index contributed by atoms with van der Waals surface area (Å²) in [7, 11) is 0. The fourth-order valence-electron chi connectivity index (χ4n) is 3.49. The summed E-state index contributed by atoms with van der Waals surface area (Å²) < 4.78 is 1.87. The Balaban J connectivity index is 2.05. The zero-order valence-electron chi connectivity index (χ0n) is 14.2. The molecule has 130 valence electrons. The average Bonchev–Trinajstić information content (AvgIpc) is 3.04. The number of amides is 1. The summed E-state index contributed by atoms with van der Waals surface area (Å²) in [6.07, 6.45) is 0. The Labute approximate surface area is 156 Å². The van der Waals surface area contributed by atoms with Crippen molar-refractivity contribution in [1.82, 2.24) is 9.88 Å². The van der Waals surface area contributed by atoms with E-state index in [2.05, 4.69) is 5.32 Å². The van der Waals surface area contributed by atoms with E-state index in [0.29, 0.717) is 17.3 Å². The van der Waals surface area contributed by atoms with Crippen LogP contribution in [0.1, 0.15) is 23.5 Å². The third-order valence-electron chi connectivity index (χ3n) is 4.69. The number of carbonyl (C=O) groups is 2. The van der Waals surface area contributed by atoms with Crippen LogP contribution in [0.15, 0.2) is 60.7 Å². The number of aromatic nitrogens is 1. The number of hydrogen-bond donors (Lipinski definition) is 1. The SMILES string of the molecule is CC(=O)C1CNC(=O)c2cc(-c3cccc(Cl)c3)c(-c3ccccc3)n21. The molecule has 0 spiro atoms. The van der Waals surface area contributed by atoms with Crippen LogP contribution in [0.4, 0.5) is 0 Å². The van der Waals surface area contributed by atoms with Gasteiger partial charge in [-0.1, -0.05) is 54.1 Å². The molecule has 0 radical (unpaired) electrons. The normalized spacial score (nSPS) is 16.1. The van der Waals surface area contributed by atoms with Crippen molar-refractivity contribution in [2.45, 2.75) is 13.0 Å². The fourth-order valence-corrected chi connectivity index (χ4v) is 3.68. The molecule has 5 heteroatoms. The van der Waals surface area contributed by atoms with Crippen molar-refractivity contribution < 1.29 is 9.59 Å². The summed E-state index contributed by atoms with van der Waals surface area (Å²) in [5, 5.41) is 3.44. The van der Waals surface area contributed by atoms with Crippen LogP contribution < -0.4 is 5.32 Å².